The Balaban J connectivity index is 2.68. The van der Waals surface area contributed by atoms with Crippen LogP contribution >= 0.6 is 0 Å². The average Bonchev–Trinajstić information content (AvgIpc) is 2.42. The van der Waals surface area contributed by atoms with E-state index in [1.807, 2.05) is 0 Å². The Kier molecular flexibility index (Phi) is 7.00. The van der Waals surface area contributed by atoms with E-state index in [9.17, 15) is 0 Å². The van der Waals surface area contributed by atoms with E-state index in [0.717, 1.165) is 6.54 Å². The molecule has 0 radical (unpaired) electrons. The molecule has 1 rings (SSSR count). The third-order valence-electron chi connectivity index (χ3n) is 5.27. The highest BCUT2D eigenvalue weighted by molar-refractivity contribution is 4.99. The summed E-state index contributed by atoms with van der Waals surface area (Å²) in [5, 5.41) is 3.88. The van der Waals surface area contributed by atoms with E-state index < -0.39 is 0 Å². The summed E-state index contributed by atoms with van der Waals surface area (Å²) in [5.74, 6) is 0. The van der Waals surface area contributed by atoms with Crippen LogP contribution < -0.4 is 5.32 Å². The Labute approximate surface area is 127 Å². The Morgan fingerprint density at radius 1 is 1.05 bits per heavy atom. The number of nitrogens with one attached hydrogen (secondary N) is 1. The third-order valence-corrected chi connectivity index (χ3v) is 5.27. The highest BCUT2D eigenvalue weighted by atomic mass is 15.3. The van der Waals surface area contributed by atoms with Gasteiger partial charge < -0.3 is 5.32 Å². The fraction of sp³-hybridized carbons (Fsp3) is 1.00. The fourth-order valence-corrected chi connectivity index (χ4v) is 3.55. The molecule has 0 spiro atoms. The van der Waals surface area contributed by atoms with E-state index in [1.54, 1.807) is 0 Å². The van der Waals surface area contributed by atoms with Crippen molar-refractivity contribution in [3.05, 3.63) is 0 Å². The summed E-state index contributed by atoms with van der Waals surface area (Å²) in [7, 11) is 0. The first-order chi connectivity index (χ1) is 9.38. The average molecular weight is 283 g/mol. The quantitative estimate of drug-likeness (QED) is 0.694. The minimum absolute atomic E-state index is 0.354. The Morgan fingerprint density at radius 2 is 1.70 bits per heavy atom. The molecule has 0 amide bonds. The van der Waals surface area contributed by atoms with E-state index in [1.165, 1.54) is 51.6 Å². The normalized spacial score (nSPS) is 24.0. The van der Waals surface area contributed by atoms with Gasteiger partial charge in [0.15, 0.2) is 0 Å². The number of unbranched alkanes of at least 4 members (excludes halogenated alkanes) is 3. The third kappa shape index (κ3) is 4.73. The second-order valence-corrected chi connectivity index (χ2v) is 7.78. The molecule has 0 bridgehead atoms. The molecule has 1 unspecified atom stereocenters. The first kappa shape index (κ1) is 18.0. The van der Waals surface area contributed by atoms with Crippen LogP contribution in [0.3, 0.4) is 0 Å². The minimum atomic E-state index is 0.354. The molecular weight excluding hydrogens is 244 g/mol. The summed E-state index contributed by atoms with van der Waals surface area (Å²) in [6, 6.07) is 0.676. The monoisotopic (exact) mass is 282 g/mol. The maximum Gasteiger partial charge on any atom is 0.0304 e. The lowest BCUT2D eigenvalue weighted by Gasteiger charge is -2.51. The van der Waals surface area contributed by atoms with Crippen LogP contribution in [0.15, 0.2) is 0 Å². The largest absolute Gasteiger partial charge is 0.308 e. The lowest BCUT2D eigenvalue weighted by Crippen LogP contribution is -2.66. The zero-order chi connectivity index (χ0) is 15.2. The van der Waals surface area contributed by atoms with Crippen LogP contribution in [0, 0.1) is 5.41 Å². The fourth-order valence-electron chi connectivity index (χ4n) is 3.55. The van der Waals surface area contributed by atoms with Crippen LogP contribution in [0.2, 0.25) is 0 Å². The van der Waals surface area contributed by atoms with Gasteiger partial charge in [-0.1, -0.05) is 60.8 Å². The van der Waals surface area contributed by atoms with Crippen LogP contribution in [0.5, 0.6) is 0 Å². The molecule has 0 aromatic rings. The minimum Gasteiger partial charge on any atom is -0.308 e. The molecule has 2 nitrogen and oxygen atoms in total. The highest BCUT2D eigenvalue weighted by Crippen LogP contribution is 2.31. The molecule has 0 saturated carbocycles. The van der Waals surface area contributed by atoms with Crippen LogP contribution in [0.4, 0.5) is 0 Å². The standard InChI is InChI=1S/C18H38N2/c1-7-10-11-12-13-20-15-18(8-2,9-3)19-14-16(20)17(4,5)6/h16,19H,7-15H2,1-6H3. The number of rotatable bonds is 7. The molecule has 1 aliphatic heterocycles. The van der Waals surface area contributed by atoms with Gasteiger partial charge in [0.1, 0.15) is 0 Å². The summed E-state index contributed by atoms with van der Waals surface area (Å²) in [6.45, 7) is 17.8. The molecule has 1 saturated heterocycles. The van der Waals surface area contributed by atoms with E-state index in [0.29, 0.717) is 17.0 Å². The molecule has 120 valence electrons. The van der Waals surface area contributed by atoms with Gasteiger partial charge in [0, 0.05) is 24.7 Å². The number of hydrogen-bond donors (Lipinski definition) is 1. The molecule has 0 aromatic heterocycles. The van der Waals surface area contributed by atoms with E-state index in [2.05, 4.69) is 51.8 Å². The van der Waals surface area contributed by atoms with Crippen molar-refractivity contribution in [2.45, 2.75) is 91.6 Å². The smallest absolute Gasteiger partial charge is 0.0304 e. The van der Waals surface area contributed by atoms with Crippen LogP contribution in [0.1, 0.15) is 80.1 Å². The van der Waals surface area contributed by atoms with Crippen LogP contribution in [-0.2, 0) is 0 Å². The molecule has 2 heteroatoms. The Bertz CT molecular complexity index is 263. The number of nitrogens with zero attached hydrogens (tertiary/aromatic N) is 1. The zero-order valence-electron chi connectivity index (χ0n) is 14.9. The van der Waals surface area contributed by atoms with Crippen molar-refractivity contribution in [1.82, 2.24) is 10.2 Å². The second-order valence-electron chi connectivity index (χ2n) is 7.78. The molecule has 1 N–H and O–H groups in total. The summed E-state index contributed by atoms with van der Waals surface area (Å²) in [6.07, 6.45) is 7.96. The lowest BCUT2D eigenvalue weighted by molar-refractivity contribution is 0.0177. The summed E-state index contributed by atoms with van der Waals surface area (Å²) in [4.78, 5) is 2.79. The summed E-state index contributed by atoms with van der Waals surface area (Å²) >= 11 is 0. The van der Waals surface area contributed by atoms with Crippen molar-refractivity contribution in [2.75, 3.05) is 19.6 Å². The Hall–Kier alpha value is -0.0800. The van der Waals surface area contributed by atoms with Gasteiger partial charge in [0.25, 0.3) is 0 Å². The van der Waals surface area contributed by atoms with Gasteiger partial charge in [0.05, 0.1) is 0 Å². The summed E-state index contributed by atoms with van der Waals surface area (Å²) < 4.78 is 0. The number of hydrogen-bond acceptors (Lipinski definition) is 2. The zero-order valence-corrected chi connectivity index (χ0v) is 14.9. The first-order valence-electron chi connectivity index (χ1n) is 8.87. The van der Waals surface area contributed by atoms with Gasteiger partial charge in [-0.3, -0.25) is 4.90 Å². The van der Waals surface area contributed by atoms with Crippen molar-refractivity contribution < 1.29 is 0 Å². The van der Waals surface area contributed by atoms with Crippen molar-refractivity contribution >= 4 is 0 Å². The van der Waals surface area contributed by atoms with Gasteiger partial charge in [-0.15, -0.1) is 0 Å². The lowest BCUT2D eigenvalue weighted by atomic mass is 9.80. The van der Waals surface area contributed by atoms with Crippen molar-refractivity contribution in [2.24, 2.45) is 5.41 Å². The van der Waals surface area contributed by atoms with Crippen LogP contribution in [-0.4, -0.2) is 36.1 Å². The molecule has 20 heavy (non-hydrogen) atoms. The highest BCUT2D eigenvalue weighted by Gasteiger charge is 2.40. The molecule has 0 aromatic carbocycles. The van der Waals surface area contributed by atoms with Crippen molar-refractivity contribution in [3.63, 3.8) is 0 Å². The van der Waals surface area contributed by atoms with Gasteiger partial charge in [-0.2, -0.15) is 0 Å². The predicted octanol–water partition coefficient (Wildman–Crippen LogP) is 4.45. The second kappa shape index (κ2) is 7.79. The van der Waals surface area contributed by atoms with Crippen molar-refractivity contribution in [1.29, 1.82) is 0 Å². The van der Waals surface area contributed by atoms with Gasteiger partial charge in [0.2, 0.25) is 0 Å². The Morgan fingerprint density at radius 3 is 2.20 bits per heavy atom. The van der Waals surface area contributed by atoms with E-state index in [4.69, 9.17) is 0 Å². The predicted molar refractivity (Wildman–Crippen MR) is 90.3 cm³/mol. The van der Waals surface area contributed by atoms with Crippen molar-refractivity contribution in [3.8, 4) is 0 Å². The molecule has 1 aliphatic rings. The molecule has 1 atom stereocenters. The van der Waals surface area contributed by atoms with E-state index >= 15 is 0 Å². The first-order valence-corrected chi connectivity index (χ1v) is 8.87. The van der Waals surface area contributed by atoms with Crippen LogP contribution in [0.25, 0.3) is 0 Å². The molecular formula is C18H38N2. The van der Waals surface area contributed by atoms with Gasteiger partial charge in [-0.05, 0) is 31.2 Å². The molecule has 0 aliphatic carbocycles. The van der Waals surface area contributed by atoms with Gasteiger partial charge in [-0.25, -0.2) is 0 Å². The number of piperazine rings is 1. The maximum absolute atomic E-state index is 3.88. The SMILES string of the molecule is CCCCCCN1CC(CC)(CC)NCC1C(C)(C)C. The summed E-state index contributed by atoms with van der Waals surface area (Å²) in [5.41, 5.74) is 0.720. The molecule has 1 heterocycles. The molecule has 1 fully saturated rings. The van der Waals surface area contributed by atoms with Gasteiger partial charge >= 0.3 is 0 Å². The van der Waals surface area contributed by atoms with E-state index in [-0.39, 0.29) is 0 Å². The maximum atomic E-state index is 3.88. The topological polar surface area (TPSA) is 15.3 Å².